The Bertz CT molecular complexity index is 259. The zero-order valence-electron chi connectivity index (χ0n) is 13.1. The van der Waals surface area contributed by atoms with Gasteiger partial charge in [0.25, 0.3) is 0 Å². The number of ether oxygens (including phenoxy) is 2. The van der Waals surface area contributed by atoms with Crippen molar-refractivity contribution in [2.45, 2.75) is 77.9 Å². The molecule has 0 radical (unpaired) electrons. The molecule has 4 nitrogen and oxygen atoms in total. The minimum absolute atomic E-state index is 0.160. The summed E-state index contributed by atoms with van der Waals surface area (Å²) in [4.78, 5) is 10.5. The maximum atomic E-state index is 10.5. The maximum absolute atomic E-state index is 10.5. The van der Waals surface area contributed by atoms with E-state index in [2.05, 4.69) is 20.8 Å². The van der Waals surface area contributed by atoms with Crippen LogP contribution in [0.5, 0.6) is 0 Å². The van der Waals surface area contributed by atoms with Crippen LogP contribution in [0.15, 0.2) is 0 Å². The average Bonchev–Trinajstić information content (AvgIpc) is 2.25. The Hall–Kier alpha value is -0.610. The Morgan fingerprint density at radius 3 is 2.05 bits per heavy atom. The Morgan fingerprint density at radius 2 is 1.53 bits per heavy atom. The van der Waals surface area contributed by atoms with Gasteiger partial charge in [-0.25, -0.2) is 0 Å². The van der Waals surface area contributed by atoms with E-state index in [4.69, 9.17) is 14.6 Å². The summed E-state index contributed by atoms with van der Waals surface area (Å²) in [6.45, 7) is 11.7. The lowest BCUT2D eigenvalue weighted by Crippen LogP contribution is -2.31. The monoisotopic (exact) mass is 274 g/mol. The smallest absolute Gasteiger partial charge is 0.303 e. The lowest BCUT2D eigenvalue weighted by Gasteiger charge is -2.29. The number of carbonyl (C=O) groups is 1. The van der Waals surface area contributed by atoms with Crippen molar-refractivity contribution in [1.82, 2.24) is 0 Å². The van der Waals surface area contributed by atoms with Gasteiger partial charge in [0.2, 0.25) is 0 Å². The van der Waals surface area contributed by atoms with Gasteiger partial charge in [0.15, 0.2) is 0 Å². The highest BCUT2D eigenvalue weighted by Gasteiger charge is 2.22. The molecule has 0 unspecified atom stereocenters. The Labute approximate surface area is 117 Å². The van der Waals surface area contributed by atoms with Crippen LogP contribution in [-0.4, -0.2) is 35.5 Å². The predicted octanol–water partition coefficient (Wildman–Crippen LogP) is 3.63. The molecule has 114 valence electrons. The van der Waals surface area contributed by atoms with Gasteiger partial charge >= 0.3 is 5.97 Å². The fraction of sp³-hybridized carbons (Fsp3) is 0.933. The van der Waals surface area contributed by atoms with Gasteiger partial charge in [0.05, 0.1) is 17.8 Å². The lowest BCUT2D eigenvalue weighted by molar-refractivity contribution is -0.137. The Kier molecular flexibility index (Phi) is 8.26. The van der Waals surface area contributed by atoms with E-state index in [1.165, 1.54) is 0 Å². The molecule has 0 heterocycles. The molecular formula is C15H30O4. The first-order chi connectivity index (χ1) is 8.68. The van der Waals surface area contributed by atoms with Crippen LogP contribution < -0.4 is 0 Å². The van der Waals surface area contributed by atoms with Gasteiger partial charge in [-0.2, -0.15) is 0 Å². The molecule has 0 aliphatic heterocycles. The third-order valence-corrected chi connectivity index (χ3v) is 3.06. The highest BCUT2D eigenvalue weighted by Crippen LogP contribution is 2.21. The van der Waals surface area contributed by atoms with Crippen LogP contribution in [-0.2, 0) is 14.3 Å². The van der Waals surface area contributed by atoms with Crippen molar-refractivity contribution in [3.8, 4) is 0 Å². The first-order valence-electron chi connectivity index (χ1n) is 7.18. The molecule has 0 amide bonds. The highest BCUT2D eigenvalue weighted by atomic mass is 16.5. The van der Waals surface area contributed by atoms with Crippen molar-refractivity contribution >= 4 is 5.97 Å². The molecule has 1 N–H and O–H groups in total. The molecule has 0 aliphatic carbocycles. The topological polar surface area (TPSA) is 55.8 Å². The first-order valence-corrected chi connectivity index (χ1v) is 7.18. The molecule has 0 aromatic carbocycles. The molecule has 0 aliphatic rings. The van der Waals surface area contributed by atoms with E-state index in [0.717, 1.165) is 25.9 Å². The van der Waals surface area contributed by atoms with E-state index in [-0.39, 0.29) is 17.6 Å². The zero-order chi connectivity index (χ0) is 14.9. The van der Waals surface area contributed by atoms with Crippen LogP contribution >= 0.6 is 0 Å². The van der Waals surface area contributed by atoms with Crippen molar-refractivity contribution < 1.29 is 19.4 Å². The van der Waals surface area contributed by atoms with Crippen molar-refractivity contribution in [3.63, 3.8) is 0 Å². The van der Waals surface area contributed by atoms with Crippen LogP contribution in [0.2, 0.25) is 0 Å². The summed E-state index contributed by atoms with van der Waals surface area (Å²) in [6, 6.07) is 0. The van der Waals surface area contributed by atoms with Gasteiger partial charge in [-0.3, -0.25) is 4.79 Å². The van der Waals surface area contributed by atoms with Crippen molar-refractivity contribution in [2.24, 2.45) is 0 Å². The van der Waals surface area contributed by atoms with E-state index in [9.17, 15) is 4.79 Å². The summed E-state index contributed by atoms with van der Waals surface area (Å²) in [5, 5.41) is 8.62. The molecule has 0 rings (SSSR count). The number of carboxylic acid groups (broad SMARTS) is 1. The van der Waals surface area contributed by atoms with Gasteiger partial charge in [0.1, 0.15) is 0 Å². The third kappa shape index (κ3) is 11.0. The fourth-order valence-electron chi connectivity index (χ4n) is 1.76. The summed E-state index contributed by atoms with van der Waals surface area (Å²) in [6.07, 6.45) is 3.48. The summed E-state index contributed by atoms with van der Waals surface area (Å²) < 4.78 is 11.6. The lowest BCUT2D eigenvalue weighted by atomic mass is 10.0. The van der Waals surface area contributed by atoms with E-state index in [1.807, 2.05) is 13.8 Å². The molecule has 0 saturated carbocycles. The van der Waals surface area contributed by atoms with Crippen LogP contribution in [0.25, 0.3) is 0 Å². The summed E-state index contributed by atoms with van der Waals surface area (Å²) in [5.41, 5.74) is -0.427. The SMILES string of the molecule is CCCOC(C)(C)CCOC(C)(C)CCCC(=O)O. The Morgan fingerprint density at radius 1 is 1.00 bits per heavy atom. The maximum Gasteiger partial charge on any atom is 0.303 e. The molecule has 0 aromatic rings. The quantitative estimate of drug-likeness (QED) is 0.625. The predicted molar refractivity (Wildman–Crippen MR) is 76.5 cm³/mol. The van der Waals surface area contributed by atoms with E-state index >= 15 is 0 Å². The van der Waals surface area contributed by atoms with Gasteiger partial charge < -0.3 is 14.6 Å². The minimum atomic E-state index is -0.745. The number of rotatable bonds is 11. The normalized spacial score (nSPS) is 12.7. The number of carboxylic acids is 1. The molecule has 0 spiro atoms. The molecule has 0 saturated heterocycles. The summed E-state index contributed by atoms with van der Waals surface area (Å²) >= 11 is 0. The number of hydrogen-bond acceptors (Lipinski definition) is 3. The second-order valence-electron chi connectivity index (χ2n) is 6.21. The second kappa shape index (κ2) is 8.54. The van der Waals surface area contributed by atoms with Gasteiger partial charge in [-0.15, -0.1) is 0 Å². The zero-order valence-corrected chi connectivity index (χ0v) is 13.1. The largest absolute Gasteiger partial charge is 0.481 e. The number of aliphatic carboxylic acids is 1. The molecule has 19 heavy (non-hydrogen) atoms. The second-order valence-corrected chi connectivity index (χ2v) is 6.21. The molecule has 0 fully saturated rings. The first kappa shape index (κ1) is 18.4. The standard InChI is InChI=1S/C15H30O4/c1-6-11-18-15(4,5)10-12-19-14(2,3)9-7-8-13(16)17/h6-12H2,1-5H3,(H,16,17). The van der Waals surface area contributed by atoms with Gasteiger partial charge in [0, 0.05) is 13.0 Å². The molecule has 0 bridgehead atoms. The van der Waals surface area contributed by atoms with Crippen molar-refractivity contribution in [2.75, 3.05) is 13.2 Å². The van der Waals surface area contributed by atoms with Crippen LogP contribution in [0.3, 0.4) is 0 Å². The van der Waals surface area contributed by atoms with Crippen LogP contribution in [0.4, 0.5) is 0 Å². The van der Waals surface area contributed by atoms with Crippen LogP contribution in [0.1, 0.15) is 66.7 Å². The average molecular weight is 274 g/mol. The molecule has 4 heteroatoms. The van der Waals surface area contributed by atoms with E-state index in [0.29, 0.717) is 13.0 Å². The third-order valence-electron chi connectivity index (χ3n) is 3.06. The molecular weight excluding hydrogens is 244 g/mol. The molecule has 0 aromatic heterocycles. The number of hydrogen-bond donors (Lipinski definition) is 1. The summed E-state index contributed by atoms with van der Waals surface area (Å²) in [7, 11) is 0. The van der Waals surface area contributed by atoms with E-state index < -0.39 is 5.97 Å². The molecule has 0 atom stereocenters. The van der Waals surface area contributed by atoms with Gasteiger partial charge in [-0.05, 0) is 53.4 Å². The highest BCUT2D eigenvalue weighted by molar-refractivity contribution is 5.66. The van der Waals surface area contributed by atoms with Crippen LogP contribution in [0, 0.1) is 0 Å². The summed E-state index contributed by atoms with van der Waals surface area (Å²) in [5.74, 6) is -0.745. The van der Waals surface area contributed by atoms with Gasteiger partial charge in [-0.1, -0.05) is 6.92 Å². The van der Waals surface area contributed by atoms with Crippen molar-refractivity contribution in [1.29, 1.82) is 0 Å². The van der Waals surface area contributed by atoms with Crippen molar-refractivity contribution in [3.05, 3.63) is 0 Å². The van der Waals surface area contributed by atoms with E-state index in [1.54, 1.807) is 0 Å². The fourth-order valence-corrected chi connectivity index (χ4v) is 1.76. The Balaban J connectivity index is 3.86. The minimum Gasteiger partial charge on any atom is -0.481 e.